The molecule has 52 heavy (non-hydrogen) atoms. The highest BCUT2D eigenvalue weighted by atomic mass is 35.5. The van der Waals surface area contributed by atoms with Gasteiger partial charge in [-0.1, -0.05) is 42.8 Å². The van der Waals surface area contributed by atoms with Gasteiger partial charge in [0, 0.05) is 81.8 Å². The highest BCUT2D eigenvalue weighted by Gasteiger charge is 2.42. The lowest BCUT2D eigenvalue weighted by molar-refractivity contribution is -0.152. The Labute approximate surface area is 309 Å². The number of imidazole rings is 2. The molecule has 1 saturated carbocycles. The first-order valence-corrected chi connectivity index (χ1v) is 18.5. The number of amides is 2. The lowest BCUT2D eigenvalue weighted by Crippen LogP contribution is -2.45. The van der Waals surface area contributed by atoms with Crippen LogP contribution in [0.25, 0.3) is 11.1 Å². The third-order valence-electron chi connectivity index (χ3n) is 11.8. The molecule has 2 aromatic carbocycles. The zero-order valence-corrected chi connectivity index (χ0v) is 31.3. The number of carboxylic acids is 1. The lowest BCUT2D eigenvalue weighted by Gasteiger charge is -2.42. The number of hydrogen-bond acceptors (Lipinski definition) is 7. The summed E-state index contributed by atoms with van der Waals surface area (Å²) in [5.74, 6) is -0.608. The Balaban J connectivity index is 1.06. The van der Waals surface area contributed by atoms with Crippen LogP contribution in [0.1, 0.15) is 88.6 Å². The van der Waals surface area contributed by atoms with E-state index in [1.807, 2.05) is 74.5 Å². The molecule has 274 valence electrons. The summed E-state index contributed by atoms with van der Waals surface area (Å²) in [5, 5.41) is 16.3. The number of benzene rings is 2. The number of fused-ring (bicyclic) bond motifs is 2. The topological polar surface area (TPSA) is 138 Å². The SMILES string of the molecule is CCC1(C(=O)O)CCC(N2CCc3c(nc(C(=O)Nc4cccc(-c5cccc(NC(=O)c6nc7c(n6C)CCN(C)C7)c5Cl)c4C)n3C)C2)CC1. The Morgan fingerprint density at radius 1 is 0.846 bits per heavy atom. The van der Waals surface area contributed by atoms with E-state index in [0.29, 0.717) is 66.4 Å². The van der Waals surface area contributed by atoms with Crippen molar-refractivity contribution in [2.75, 3.05) is 30.8 Å². The molecule has 0 spiro atoms. The van der Waals surface area contributed by atoms with Crippen LogP contribution >= 0.6 is 11.6 Å². The van der Waals surface area contributed by atoms with Crippen LogP contribution in [0.2, 0.25) is 5.02 Å². The number of aliphatic carboxylic acids is 1. The quantitative estimate of drug-likeness (QED) is 0.200. The highest BCUT2D eigenvalue weighted by Crippen LogP contribution is 2.42. The van der Waals surface area contributed by atoms with Gasteiger partial charge in [-0.2, -0.15) is 0 Å². The summed E-state index contributed by atoms with van der Waals surface area (Å²) >= 11 is 6.96. The van der Waals surface area contributed by atoms with Crippen molar-refractivity contribution >= 4 is 40.8 Å². The summed E-state index contributed by atoms with van der Waals surface area (Å²) in [6, 6.07) is 11.5. The smallest absolute Gasteiger partial charge is 0.309 e. The van der Waals surface area contributed by atoms with E-state index < -0.39 is 11.4 Å². The summed E-state index contributed by atoms with van der Waals surface area (Å²) in [6.45, 7) is 7.04. The van der Waals surface area contributed by atoms with Crippen LogP contribution in [0.15, 0.2) is 36.4 Å². The Hall–Kier alpha value is -4.52. The van der Waals surface area contributed by atoms with Crippen LogP contribution in [0, 0.1) is 12.3 Å². The zero-order chi connectivity index (χ0) is 36.9. The molecule has 0 radical (unpaired) electrons. The number of nitrogens with zero attached hydrogens (tertiary/aromatic N) is 6. The minimum absolute atomic E-state index is 0.299. The fourth-order valence-corrected chi connectivity index (χ4v) is 8.69. The molecule has 3 N–H and O–H groups in total. The van der Waals surface area contributed by atoms with E-state index in [0.717, 1.165) is 78.2 Å². The van der Waals surface area contributed by atoms with Crippen molar-refractivity contribution in [3.63, 3.8) is 0 Å². The van der Waals surface area contributed by atoms with Gasteiger partial charge in [-0.05, 0) is 69.3 Å². The number of carboxylic acid groups (broad SMARTS) is 1. The highest BCUT2D eigenvalue weighted by molar-refractivity contribution is 6.36. The molecule has 7 rings (SSSR count). The number of hydrogen-bond donors (Lipinski definition) is 3. The molecule has 0 unspecified atom stereocenters. The Morgan fingerprint density at radius 3 is 2.02 bits per heavy atom. The van der Waals surface area contributed by atoms with Gasteiger partial charge in [0.25, 0.3) is 11.8 Å². The van der Waals surface area contributed by atoms with Gasteiger partial charge in [-0.15, -0.1) is 0 Å². The summed E-state index contributed by atoms with van der Waals surface area (Å²) in [5.41, 5.74) is 6.84. The van der Waals surface area contributed by atoms with Gasteiger partial charge >= 0.3 is 5.97 Å². The van der Waals surface area contributed by atoms with Gasteiger partial charge in [-0.25, -0.2) is 9.97 Å². The van der Waals surface area contributed by atoms with Crippen LogP contribution < -0.4 is 10.6 Å². The van der Waals surface area contributed by atoms with Gasteiger partial charge in [0.1, 0.15) is 0 Å². The first kappa shape index (κ1) is 35.9. The number of anilines is 2. The molecule has 1 aliphatic carbocycles. The van der Waals surface area contributed by atoms with Crippen molar-refractivity contribution in [3.05, 3.63) is 81.4 Å². The molecule has 4 aromatic rings. The van der Waals surface area contributed by atoms with E-state index in [4.69, 9.17) is 16.6 Å². The van der Waals surface area contributed by atoms with Crippen molar-refractivity contribution in [2.24, 2.45) is 19.5 Å². The van der Waals surface area contributed by atoms with E-state index in [-0.39, 0.29) is 11.8 Å². The standard InChI is InChI=1S/C39H47ClN8O4/c1-6-39(38(51)52)17-13-24(14-18-39)48-20-16-32-30(22-48)42-34(47(32)5)36(49)43-27-11-7-9-25(23(27)2)26-10-8-12-28(33(26)40)44-37(50)35-41-29-21-45(3)19-15-31(29)46(35)4/h7-12,24H,6,13-22H2,1-5H3,(H,43,49)(H,44,50)(H,51,52). The fraction of sp³-hybridized carbons (Fsp3) is 0.462. The van der Waals surface area contributed by atoms with Crippen LogP contribution in [-0.4, -0.2) is 78.0 Å². The maximum atomic E-state index is 13.8. The summed E-state index contributed by atoms with van der Waals surface area (Å²) in [7, 11) is 5.81. The first-order chi connectivity index (χ1) is 24.9. The number of aromatic nitrogens is 4. The number of halogens is 1. The van der Waals surface area contributed by atoms with Crippen molar-refractivity contribution in [3.8, 4) is 11.1 Å². The molecule has 0 saturated heterocycles. The number of nitrogens with one attached hydrogen (secondary N) is 2. The molecule has 2 aromatic heterocycles. The second-order valence-corrected chi connectivity index (χ2v) is 15.1. The molecule has 0 bridgehead atoms. The van der Waals surface area contributed by atoms with Crippen molar-refractivity contribution < 1.29 is 19.5 Å². The maximum absolute atomic E-state index is 13.8. The predicted octanol–water partition coefficient (Wildman–Crippen LogP) is 6.06. The molecule has 3 aliphatic rings. The van der Waals surface area contributed by atoms with Gasteiger partial charge in [-0.3, -0.25) is 19.3 Å². The van der Waals surface area contributed by atoms with Gasteiger partial charge < -0.3 is 29.8 Å². The Bertz CT molecular complexity index is 2060. The Morgan fingerprint density at radius 2 is 1.40 bits per heavy atom. The first-order valence-electron chi connectivity index (χ1n) is 18.2. The molecule has 2 aliphatic heterocycles. The average molecular weight is 727 g/mol. The average Bonchev–Trinajstić information content (AvgIpc) is 3.65. The summed E-state index contributed by atoms with van der Waals surface area (Å²) in [6.07, 6.45) is 5.36. The van der Waals surface area contributed by atoms with E-state index in [9.17, 15) is 19.5 Å². The maximum Gasteiger partial charge on any atom is 0.309 e. The minimum Gasteiger partial charge on any atom is -0.481 e. The van der Waals surface area contributed by atoms with Crippen molar-refractivity contribution in [2.45, 2.75) is 77.9 Å². The fourth-order valence-electron chi connectivity index (χ4n) is 8.42. The third kappa shape index (κ3) is 6.41. The molecule has 12 nitrogen and oxygen atoms in total. The number of carbonyl (C=O) groups excluding carboxylic acids is 2. The number of likely N-dealkylation sites (N-methyl/N-ethyl adjacent to an activating group) is 1. The molecule has 2 amide bonds. The Kier molecular flexibility index (Phi) is 9.75. The second kappa shape index (κ2) is 14.1. The molecule has 1 fully saturated rings. The monoisotopic (exact) mass is 726 g/mol. The molecule has 0 atom stereocenters. The van der Waals surface area contributed by atoms with E-state index in [1.54, 1.807) is 6.07 Å². The third-order valence-corrected chi connectivity index (χ3v) is 12.2. The largest absolute Gasteiger partial charge is 0.481 e. The molecule has 4 heterocycles. The molecule has 13 heteroatoms. The van der Waals surface area contributed by atoms with Crippen molar-refractivity contribution in [1.29, 1.82) is 0 Å². The van der Waals surface area contributed by atoms with Gasteiger partial charge in [0.2, 0.25) is 0 Å². The van der Waals surface area contributed by atoms with Crippen LogP contribution in [0.5, 0.6) is 0 Å². The summed E-state index contributed by atoms with van der Waals surface area (Å²) < 4.78 is 3.77. The zero-order valence-electron chi connectivity index (χ0n) is 30.6. The van der Waals surface area contributed by atoms with E-state index in [2.05, 4.69) is 25.4 Å². The number of rotatable bonds is 8. The van der Waals surface area contributed by atoms with Crippen molar-refractivity contribution in [1.82, 2.24) is 28.9 Å². The molecular formula is C39H47ClN8O4. The predicted molar refractivity (Wildman–Crippen MR) is 201 cm³/mol. The second-order valence-electron chi connectivity index (χ2n) is 14.7. The van der Waals surface area contributed by atoms with Gasteiger partial charge in [0.05, 0.1) is 27.5 Å². The van der Waals surface area contributed by atoms with Crippen LogP contribution in [0.4, 0.5) is 11.4 Å². The summed E-state index contributed by atoms with van der Waals surface area (Å²) in [4.78, 5) is 53.2. The normalized spacial score (nSPS) is 20.6. The molecular weight excluding hydrogens is 680 g/mol. The van der Waals surface area contributed by atoms with E-state index >= 15 is 0 Å². The lowest BCUT2D eigenvalue weighted by atomic mass is 9.70. The minimum atomic E-state index is -0.677. The van der Waals surface area contributed by atoms with Crippen LogP contribution in [-0.2, 0) is 44.8 Å². The van der Waals surface area contributed by atoms with Crippen LogP contribution in [0.3, 0.4) is 0 Å². The van der Waals surface area contributed by atoms with Gasteiger partial charge in [0.15, 0.2) is 11.6 Å². The van der Waals surface area contributed by atoms with E-state index in [1.165, 1.54) is 0 Å². The number of carbonyl (C=O) groups is 3.